The number of nitrogens with two attached hydrogens (primary N) is 2. The molecule has 1 aromatic rings. The van der Waals surface area contributed by atoms with Crippen LogP contribution in [0.5, 0.6) is 0 Å². The third-order valence-electron chi connectivity index (χ3n) is 2.53. The van der Waals surface area contributed by atoms with E-state index in [-0.39, 0.29) is 17.8 Å². The van der Waals surface area contributed by atoms with Gasteiger partial charge in [0.05, 0.1) is 16.7 Å². The highest BCUT2D eigenvalue weighted by molar-refractivity contribution is 5.89. The molecule has 18 heavy (non-hydrogen) atoms. The average molecular weight is 252 g/mol. The molecule has 0 aliphatic carbocycles. The van der Waals surface area contributed by atoms with Crippen molar-refractivity contribution in [3.8, 4) is 0 Å². The topological polar surface area (TPSA) is 131 Å². The SMILES string of the molecule is CC(C)(CNc1ncc(C(=O)O)cc1N)C(N)=O. The Morgan fingerprint density at radius 2 is 2.11 bits per heavy atom. The van der Waals surface area contributed by atoms with Crippen LogP contribution in [0.25, 0.3) is 0 Å². The number of anilines is 2. The maximum atomic E-state index is 11.1. The summed E-state index contributed by atoms with van der Waals surface area (Å²) in [5.74, 6) is -1.22. The van der Waals surface area contributed by atoms with Gasteiger partial charge in [-0.2, -0.15) is 0 Å². The summed E-state index contributed by atoms with van der Waals surface area (Å²) in [7, 11) is 0. The van der Waals surface area contributed by atoms with Crippen LogP contribution in [0.1, 0.15) is 24.2 Å². The van der Waals surface area contributed by atoms with Gasteiger partial charge in [-0.25, -0.2) is 9.78 Å². The van der Waals surface area contributed by atoms with E-state index in [1.807, 2.05) is 0 Å². The van der Waals surface area contributed by atoms with Crippen LogP contribution >= 0.6 is 0 Å². The highest BCUT2D eigenvalue weighted by Gasteiger charge is 2.25. The quantitative estimate of drug-likeness (QED) is 0.595. The van der Waals surface area contributed by atoms with E-state index in [0.29, 0.717) is 5.82 Å². The molecule has 1 aromatic heterocycles. The second-order valence-electron chi connectivity index (χ2n) is 4.57. The molecule has 0 saturated carbocycles. The maximum absolute atomic E-state index is 11.1. The fourth-order valence-corrected chi connectivity index (χ4v) is 1.14. The number of nitrogen functional groups attached to an aromatic ring is 1. The Hall–Kier alpha value is -2.31. The summed E-state index contributed by atoms with van der Waals surface area (Å²) >= 11 is 0. The standard InChI is InChI=1S/C11H16N4O3/c1-11(2,10(13)18)5-15-8-7(12)3-6(4-14-8)9(16)17/h3-4H,5,12H2,1-2H3,(H2,13,18)(H,14,15)(H,16,17). The zero-order chi connectivity index (χ0) is 13.9. The number of aromatic nitrogens is 1. The lowest BCUT2D eigenvalue weighted by Crippen LogP contribution is -2.37. The molecule has 1 amide bonds. The fourth-order valence-electron chi connectivity index (χ4n) is 1.14. The summed E-state index contributed by atoms with van der Waals surface area (Å²) in [6.07, 6.45) is 1.19. The van der Waals surface area contributed by atoms with Crippen LogP contribution in [0.3, 0.4) is 0 Å². The lowest BCUT2D eigenvalue weighted by molar-refractivity contribution is -0.125. The molecular weight excluding hydrogens is 236 g/mol. The molecule has 7 nitrogen and oxygen atoms in total. The highest BCUT2D eigenvalue weighted by Crippen LogP contribution is 2.20. The maximum Gasteiger partial charge on any atom is 0.337 e. The van der Waals surface area contributed by atoms with E-state index in [2.05, 4.69) is 10.3 Å². The number of carboxylic acid groups (broad SMARTS) is 1. The lowest BCUT2D eigenvalue weighted by Gasteiger charge is -2.21. The van der Waals surface area contributed by atoms with Gasteiger partial charge in [0.1, 0.15) is 5.82 Å². The van der Waals surface area contributed by atoms with Crippen molar-refractivity contribution in [3.05, 3.63) is 17.8 Å². The van der Waals surface area contributed by atoms with Crippen molar-refractivity contribution in [2.45, 2.75) is 13.8 Å². The first-order valence-corrected chi connectivity index (χ1v) is 5.26. The molecule has 0 unspecified atom stereocenters. The number of pyridine rings is 1. The van der Waals surface area contributed by atoms with E-state index in [1.54, 1.807) is 13.8 Å². The number of hydrogen-bond acceptors (Lipinski definition) is 5. The van der Waals surface area contributed by atoms with E-state index in [9.17, 15) is 9.59 Å². The van der Waals surface area contributed by atoms with Crippen LogP contribution in [0, 0.1) is 5.41 Å². The molecule has 0 aliphatic rings. The number of aromatic carboxylic acids is 1. The van der Waals surface area contributed by atoms with E-state index in [4.69, 9.17) is 16.6 Å². The van der Waals surface area contributed by atoms with Gasteiger partial charge in [-0.15, -0.1) is 0 Å². The van der Waals surface area contributed by atoms with E-state index in [1.165, 1.54) is 12.3 Å². The van der Waals surface area contributed by atoms with Crippen LogP contribution in [0.2, 0.25) is 0 Å². The molecule has 0 aliphatic heterocycles. The fraction of sp³-hybridized carbons (Fsp3) is 0.364. The average Bonchev–Trinajstić information content (AvgIpc) is 2.26. The third-order valence-corrected chi connectivity index (χ3v) is 2.53. The molecule has 6 N–H and O–H groups in total. The Morgan fingerprint density at radius 3 is 2.56 bits per heavy atom. The zero-order valence-corrected chi connectivity index (χ0v) is 10.2. The Bertz CT molecular complexity index is 485. The van der Waals surface area contributed by atoms with Gasteiger partial charge in [0.2, 0.25) is 5.91 Å². The Morgan fingerprint density at radius 1 is 1.50 bits per heavy atom. The molecule has 0 aromatic carbocycles. The Kier molecular flexibility index (Phi) is 3.75. The predicted octanol–water partition coefficient (Wildman–Crippen LogP) is 0.285. The summed E-state index contributed by atoms with van der Waals surface area (Å²) < 4.78 is 0. The van der Waals surface area contributed by atoms with Crippen LogP contribution in [0.4, 0.5) is 11.5 Å². The lowest BCUT2D eigenvalue weighted by atomic mass is 9.93. The molecule has 0 atom stereocenters. The Balaban J connectivity index is 2.81. The summed E-state index contributed by atoms with van der Waals surface area (Å²) in [5.41, 5.74) is 10.3. The molecule has 1 heterocycles. The van der Waals surface area contributed by atoms with Crippen molar-refractivity contribution in [3.63, 3.8) is 0 Å². The van der Waals surface area contributed by atoms with Gasteiger partial charge in [-0.05, 0) is 19.9 Å². The molecule has 1 rings (SSSR count). The van der Waals surface area contributed by atoms with Crippen LogP contribution < -0.4 is 16.8 Å². The number of amides is 1. The molecule has 0 spiro atoms. The number of rotatable bonds is 5. The number of hydrogen-bond donors (Lipinski definition) is 4. The number of primary amides is 1. The molecule has 0 bridgehead atoms. The van der Waals surface area contributed by atoms with Gasteiger partial charge in [-0.3, -0.25) is 4.79 Å². The second-order valence-corrected chi connectivity index (χ2v) is 4.57. The summed E-state index contributed by atoms with van der Waals surface area (Å²) in [4.78, 5) is 25.7. The van der Waals surface area contributed by atoms with Crippen molar-refractivity contribution in [2.75, 3.05) is 17.6 Å². The summed E-state index contributed by atoms with van der Waals surface area (Å²) in [5, 5.41) is 11.6. The number of carbonyl (C=O) groups excluding carboxylic acids is 1. The molecular formula is C11H16N4O3. The predicted molar refractivity (Wildman–Crippen MR) is 67.1 cm³/mol. The minimum Gasteiger partial charge on any atom is -0.478 e. The zero-order valence-electron chi connectivity index (χ0n) is 10.2. The van der Waals surface area contributed by atoms with Crippen LogP contribution in [0.15, 0.2) is 12.3 Å². The van der Waals surface area contributed by atoms with E-state index in [0.717, 1.165) is 0 Å². The number of nitrogens with one attached hydrogen (secondary N) is 1. The van der Waals surface area contributed by atoms with Crippen LogP contribution in [-0.4, -0.2) is 28.5 Å². The van der Waals surface area contributed by atoms with Crippen molar-refractivity contribution in [1.29, 1.82) is 0 Å². The number of carbonyl (C=O) groups is 2. The van der Waals surface area contributed by atoms with E-state index >= 15 is 0 Å². The van der Waals surface area contributed by atoms with E-state index < -0.39 is 17.3 Å². The highest BCUT2D eigenvalue weighted by atomic mass is 16.4. The van der Waals surface area contributed by atoms with Gasteiger partial charge in [0.15, 0.2) is 0 Å². The first kappa shape index (κ1) is 13.8. The molecule has 0 fully saturated rings. The minimum absolute atomic E-state index is 0.00668. The monoisotopic (exact) mass is 252 g/mol. The third kappa shape index (κ3) is 3.09. The number of nitrogens with zero attached hydrogens (tertiary/aromatic N) is 1. The largest absolute Gasteiger partial charge is 0.478 e. The van der Waals surface area contributed by atoms with Gasteiger partial charge < -0.3 is 21.9 Å². The second kappa shape index (κ2) is 4.91. The smallest absolute Gasteiger partial charge is 0.337 e. The Labute approximate surface area is 104 Å². The molecule has 0 saturated heterocycles. The van der Waals surface area contributed by atoms with Crippen molar-refractivity contribution >= 4 is 23.4 Å². The first-order chi connectivity index (χ1) is 8.24. The number of carboxylic acids is 1. The van der Waals surface area contributed by atoms with Gasteiger partial charge in [-0.1, -0.05) is 0 Å². The first-order valence-electron chi connectivity index (χ1n) is 5.26. The van der Waals surface area contributed by atoms with Crippen molar-refractivity contribution in [2.24, 2.45) is 11.1 Å². The minimum atomic E-state index is -1.10. The normalized spacial score (nSPS) is 11.0. The summed E-state index contributed by atoms with van der Waals surface area (Å²) in [6.45, 7) is 3.63. The summed E-state index contributed by atoms with van der Waals surface area (Å²) in [6, 6.07) is 1.30. The van der Waals surface area contributed by atoms with Gasteiger partial charge in [0, 0.05) is 12.7 Å². The van der Waals surface area contributed by atoms with Crippen molar-refractivity contribution < 1.29 is 14.7 Å². The van der Waals surface area contributed by atoms with Crippen LogP contribution in [-0.2, 0) is 4.79 Å². The molecule has 0 radical (unpaired) electrons. The van der Waals surface area contributed by atoms with Crippen molar-refractivity contribution in [1.82, 2.24) is 4.98 Å². The van der Waals surface area contributed by atoms with Gasteiger partial charge >= 0.3 is 5.97 Å². The molecule has 98 valence electrons. The molecule has 7 heteroatoms. The van der Waals surface area contributed by atoms with Gasteiger partial charge in [0.25, 0.3) is 0 Å².